The molecule has 1 aliphatic carbocycles. The Hall–Kier alpha value is -0.120. The van der Waals surface area contributed by atoms with Crippen LogP contribution in [-0.4, -0.2) is 44.3 Å². The summed E-state index contributed by atoms with van der Waals surface area (Å²) in [5.74, 6) is 1.87. The van der Waals surface area contributed by atoms with Gasteiger partial charge in [0, 0.05) is 18.5 Å². The molecule has 2 heterocycles. The van der Waals surface area contributed by atoms with E-state index in [0.717, 1.165) is 38.1 Å². The quantitative estimate of drug-likeness (QED) is 0.848. The van der Waals surface area contributed by atoms with Crippen LogP contribution in [0.25, 0.3) is 0 Å². The Kier molecular flexibility index (Phi) is 4.45. The van der Waals surface area contributed by atoms with E-state index in [1.165, 1.54) is 58.0 Å². The van der Waals surface area contributed by atoms with Crippen LogP contribution < -0.4 is 5.73 Å². The maximum Gasteiger partial charge on any atom is 0.0550 e. The molecule has 0 aromatic heterocycles. The van der Waals surface area contributed by atoms with E-state index in [9.17, 15) is 0 Å². The van der Waals surface area contributed by atoms with Gasteiger partial charge in [0.1, 0.15) is 0 Å². The number of ether oxygens (including phenoxy) is 1. The topological polar surface area (TPSA) is 38.5 Å². The predicted molar refractivity (Wildman–Crippen MR) is 78.0 cm³/mol. The summed E-state index contributed by atoms with van der Waals surface area (Å²) in [4.78, 5) is 2.55. The number of piperidine rings is 1. The summed E-state index contributed by atoms with van der Waals surface area (Å²) in [5.41, 5.74) is 6.24. The van der Waals surface area contributed by atoms with E-state index in [1.807, 2.05) is 0 Å². The number of nitrogens with zero attached hydrogens (tertiary/aromatic N) is 1. The summed E-state index contributed by atoms with van der Waals surface area (Å²) in [6.45, 7) is 6.52. The lowest BCUT2D eigenvalue weighted by molar-refractivity contribution is -0.192. The van der Waals surface area contributed by atoms with Crippen molar-refractivity contribution in [3.8, 4) is 0 Å². The Labute approximate surface area is 117 Å². The normalized spacial score (nSPS) is 30.2. The first kappa shape index (κ1) is 13.8. The van der Waals surface area contributed by atoms with Gasteiger partial charge in [-0.25, -0.2) is 0 Å². The molecule has 2 N–H and O–H groups in total. The zero-order valence-electron chi connectivity index (χ0n) is 12.3. The van der Waals surface area contributed by atoms with Crippen molar-refractivity contribution in [3.63, 3.8) is 0 Å². The Morgan fingerprint density at radius 3 is 2.11 bits per heavy atom. The molecule has 3 heteroatoms. The first-order valence-electron chi connectivity index (χ1n) is 8.35. The Bertz CT molecular complexity index is 276. The second-order valence-corrected chi connectivity index (χ2v) is 6.97. The van der Waals surface area contributed by atoms with Crippen molar-refractivity contribution in [2.45, 2.75) is 44.9 Å². The Morgan fingerprint density at radius 2 is 1.58 bits per heavy atom. The fraction of sp³-hybridized carbons (Fsp3) is 1.00. The highest BCUT2D eigenvalue weighted by atomic mass is 16.5. The number of hydrogen-bond donors (Lipinski definition) is 1. The Morgan fingerprint density at radius 1 is 0.947 bits per heavy atom. The van der Waals surface area contributed by atoms with Crippen molar-refractivity contribution in [2.75, 3.05) is 39.4 Å². The van der Waals surface area contributed by atoms with Crippen LogP contribution in [0.4, 0.5) is 0 Å². The molecule has 3 nitrogen and oxygen atoms in total. The largest absolute Gasteiger partial charge is 0.380 e. The second-order valence-electron chi connectivity index (χ2n) is 6.97. The third kappa shape index (κ3) is 2.70. The summed E-state index contributed by atoms with van der Waals surface area (Å²) in [7, 11) is 0. The molecule has 0 spiro atoms. The standard InChI is InChI=1S/C16H30N2O/c17-8-11-18-9-6-15(7-10-18)16(12-19-13-16)14-4-2-1-3-5-14/h14-15H,1-13,17H2. The summed E-state index contributed by atoms with van der Waals surface area (Å²) >= 11 is 0. The monoisotopic (exact) mass is 266 g/mol. The van der Waals surface area contributed by atoms with Crippen molar-refractivity contribution in [1.29, 1.82) is 0 Å². The number of rotatable bonds is 4. The maximum atomic E-state index is 5.69. The van der Waals surface area contributed by atoms with Crippen LogP contribution >= 0.6 is 0 Å². The smallest absolute Gasteiger partial charge is 0.0550 e. The fourth-order valence-electron chi connectivity index (χ4n) is 4.73. The van der Waals surface area contributed by atoms with Gasteiger partial charge in [0.25, 0.3) is 0 Å². The van der Waals surface area contributed by atoms with Crippen LogP contribution in [0.15, 0.2) is 0 Å². The first-order chi connectivity index (χ1) is 9.35. The highest BCUT2D eigenvalue weighted by Gasteiger charge is 2.51. The molecule has 0 unspecified atom stereocenters. The van der Waals surface area contributed by atoms with Crippen molar-refractivity contribution in [3.05, 3.63) is 0 Å². The third-order valence-corrected chi connectivity index (χ3v) is 6.01. The van der Waals surface area contributed by atoms with Gasteiger partial charge < -0.3 is 15.4 Å². The minimum Gasteiger partial charge on any atom is -0.380 e. The molecule has 2 aliphatic heterocycles. The predicted octanol–water partition coefficient (Wildman–Crippen LogP) is 2.25. The first-order valence-corrected chi connectivity index (χ1v) is 8.35. The van der Waals surface area contributed by atoms with Crippen LogP contribution in [0.2, 0.25) is 0 Å². The number of likely N-dealkylation sites (tertiary alicyclic amines) is 1. The molecule has 19 heavy (non-hydrogen) atoms. The van der Waals surface area contributed by atoms with E-state index in [-0.39, 0.29) is 0 Å². The molecule has 3 rings (SSSR count). The molecular weight excluding hydrogens is 236 g/mol. The lowest BCUT2D eigenvalue weighted by atomic mass is 9.58. The van der Waals surface area contributed by atoms with Crippen molar-refractivity contribution in [1.82, 2.24) is 4.90 Å². The molecule has 3 aliphatic rings. The third-order valence-electron chi connectivity index (χ3n) is 6.01. The van der Waals surface area contributed by atoms with E-state index in [4.69, 9.17) is 10.5 Å². The zero-order valence-corrected chi connectivity index (χ0v) is 12.3. The molecular formula is C16H30N2O. The second kappa shape index (κ2) is 6.11. The van der Waals surface area contributed by atoms with Gasteiger partial charge in [0.2, 0.25) is 0 Å². The summed E-state index contributed by atoms with van der Waals surface area (Å²) in [6, 6.07) is 0. The van der Waals surface area contributed by atoms with E-state index in [1.54, 1.807) is 0 Å². The van der Waals surface area contributed by atoms with Gasteiger partial charge in [-0.05, 0) is 50.6 Å². The van der Waals surface area contributed by atoms with E-state index in [0.29, 0.717) is 5.41 Å². The molecule has 0 atom stereocenters. The van der Waals surface area contributed by atoms with Gasteiger partial charge in [-0.2, -0.15) is 0 Å². The van der Waals surface area contributed by atoms with Crippen LogP contribution in [0.1, 0.15) is 44.9 Å². The van der Waals surface area contributed by atoms with Gasteiger partial charge in [-0.3, -0.25) is 0 Å². The molecule has 0 aromatic rings. The minimum atomic E-state index is 0.565. The van der Waals surface area contributed by atoms with Crippen LogP contribution in [0, 0.1) is 17.3 Å². The van der Waals surface area contributed by atoms with E-state index in [2.05, 4.69) is 4.90 Å². The molecule has 1 saturated carbocycles. The molecule has 110 valence electrons. The van der Waals surface area contributed by atoms with Crippen LogP contribution in [0.5, 0.6) is 0 Å². The average Bonchev–Trinajstić information content (AvgIpc) is 2.41. The SMILES string of the molecule is NCCN1CCC(C2(C3CCCCC3)COC2)CC1. The molecule has 0 amide bonds. The number of hydrogen-bond acceptors (Lipinski definition) is 3. The summed E-state index contributed by atoms with van der Waals surface area (Å²) < 4.78 is 5.69. The van der Waals surface area contributed by atoms with Gasteiger partial charge in [-0.15, -0.1) is 0 Å². The summed E-state index contributed by atoms with van der Waals surface area (Å²) in [6.07, 6.45) is 10.1. The van der Waals surface area contributed by atoms with Gasteiger partial charge >= 0.3 is 0 Å². The molecule has 2 saturated heterocycles. The van der Waals surface area contributed by atoms with Crippen molar-refractivity contribution >= 4 is 0 Å². The van der Waals surface area contributed by atoms with Crippen molar-refractivity contribution in [2.24, 2.45) is 23.0 Å². The maximum absolute atomic E-state index is 5.69. The van der Waals surface area contributed by atoms with Crippen LogP contribution in [-0.2, 0) is 4.74 Å². The molecule has 0 aromatic carbocycles. The molecule has 3 fully saturated rings. The highest BCUT2D eigenvalue weighted by molar-refractivity contribution is 4.99. The minimum absolute atomic E-state index is 0.565. The van der Waals surface area contributed by atoms with Crippen LogP contribution in [0.3, 0.4) is 0 Å². The highest BCUT2D eigenvalue weighted by Crippen LogP contribution is 2.51. The van der Waals surface area contributed by atoms with Gasteiger partial charge in [-0.1, -0.05) is 19.3 Å². The zero-order chi connectivity index (χ0) is 13.1. The van der Waals surface area contributed by atoms with Gasteiger partial charge in [0.05, 0.1) is 13.2 Å². The van der Waals surface area contributed by atoms with Gasteiger partial charge in [0.15, 0.2) is 0 Å². The fourth-order valence-corrected chi connectivity index (χ4v) is 4.73. The average molecular weight is 266 g/mol. The molecule has 0 radical (unpaired) electrons. The summed E-state index contributed by atoms with van der Waals surface area (Å²) in [5, 5.41) is 0. The van der Waals surface area contributed by atoms with E-state index < -0.39 is 0 Å². The lowest BCUT2D eigenvalue weighted by Crippen LogP contribution is -2.56. The molecule has 0 bridgehead atoms. The van der Waals surface area contributed by atoms with E-state index >= 15 is 0 Å². The number of nitrogens with two attached hydrogens (primary N) is 1. The Balaban J connectivity index is 1.59. The lowest BCUT2D eigenvalue weighted by Gasteiger charge is -2.55. The van der Waals surface area contributed by atoms with Crippen molar-refractivity contribution < 1.29 is 4.74 Å².